The largest absolute Gasteiger partial charge is 0.488 e. The monoisotopic (exact) mass is 232 g/mol. The van der Waals surface area contributed by atoms with Crippen LogP contribution in [0.4, 0.5) is 3.89 Å². The fourth-order valence-corrected chi connectivity index (χ4v) is 1.67. The Morgan fingerprint density at radius 2 is 1.93 bits per heavy atom. The van der Waals surface area contributed by atoms with Crippen molar-refractivity contribution in [1.29, 1.82) is 0 Å². The summed E-state index contributed by atoms with van der Waals surface area (Å²) >= 11 is 0. The third-order valence-electron chi connectivity index (χ3n) is 1.98. The van der Waals surface area contributed by atoms with Gasteiger partial charge in [-0.25, -0.2) is 0 Å². The van der Waals surface area contributed by atoms with Gasteiger partial charge in [-0.2, -0.15) is 8.42 Å². The summed E-state index contributed by atoms with van der Waals surface area (Å²) in [5, 5.41) is 0. The summed E-state index contributed by atoms with van der Waals surface area (Å²) in [4.78, 5) is 0. The fraction of sp³-hybridized carbons (Fsp3) is 0.400. The standard InChI is InChI=1S/C10H13FO3S/c1-7(2)9-6-8(3)4-5-10(9)14-15(11,12)13/h4-7H,1-3H3. The van der Waals surface area contributed by atoms with Crippen molar-refractivity contribution in [3.8, 4) is 5.75 Å². The van der Waals surface area contributed by atoms with Crippen LogP contribution in [0.1, 0.15) is 30.9 Å². The highest BCUT2D eigenvalue weighted by Crippen LogP contribution is 2.28. The minimum Gasteiger partial charge on any atom is -0.358 e. The number of benzene rings is 1. The summed E-state index contributed by atoms with van der Waals surface area (Å²) in [6.07, 6.45) is 0. The van der Waals surface area contributed by atoms with E-state index in [9.17, 15) is 12.3 Å². The molecule has 0 aliphatic carbocycles. The van der Waals surface area contributed by atoms with Crippen molar-refractivity contribution in [1.82, 2.24) is 0 Å². The van der Waals surface area contributed by atoms with Crippen LogP contribution in [0.25, 0.3) is 0 Å². The number of hydrogen-bond acceptors (Lipinski definition) is 3. The first-order valence-corrected chi connectivity index (χ1v) is 5.85. The molecule has 0 aromatic heterocycles. The molecule has 0 N–H and O–H groups in total. The molecule has 1 rings (SSSR count). The van der Waals surface area contributed by atoms with Gasteiger partial charge in [0.15, 0.2) is 0 Å². The van der Waals surface area contributed by atoms with Gasteiger partial charge in [-0.15, -0.1) is 0 Å². The van der Waals surface area contributed by atoms with Gasteiger partial charge in [-0.3, -0.25) is 0 Å². The molecule has 0 bridgehead atoms. The van der Waals surface area contributed by atoms with E-state index in [-0.39, 0.29) is 11.7 Å². The topological polar surface area (TPSA) is 43.4 Å². The van der Waals surface area contributed by atoms with Gasteiger partial charge in [-0.1, -0.05) is 35.4 Å². The van der Waals surface area contributed by atoms with Crippen molar-refractivity contribution < 1.29 is 16.5 Å². The number of halogens is 1. The van der Waals surface area contributed by atoms with Crippen LogP contribution >= 0.6 is 0 Å². The van der Waals surface area contributed by atoms with Gasteiger partial charge in [0.05, 0.1) is 0 Å². The van der Waals surface area contributed by atoms with Crippen LogP contribution in [-0.2, 0) is 10.5 Å². The average molecular weight is 232 g/mol. The van der Waals surface area contributed by atoms with Gasteiger partial charge in [0.1, 0.15) is 5.75 Å². The highest BCUT2D eigenvalue weighted by atomic mass is 32.3. The molecule has 1 aromatic carbocycles. The van der Waals surface area contributed by atoms with E-state index >= 15 is 0 Å². The van der Waals surface area contributed by atoms with Gasteiger partial charge in [-0.05, 0) is 24.5 Å². The molecule has 84 valence electrons. The van der Waals surface area contributed by atoms with Crippen LogP contribution in [0.15, 0.2) is 18.2 Å². The molecule has 0 amide bonds. The maximum atomic E-state index is 12.4. The normalized spacial score (nSPS) is 11.8. The van der Waals surface area contributed by atoms with Gasteiger partial charge < -0.3 is 4.18 Å². The van der Waals surface area contributed by atoms with Crippen molar-refractivity contribution in [3.05, 3.63) is 29.3 Å². The van der Waals surface area contributed by atoms with E-state index in [0.717, 1.165) is 5.56 Å². The molecule has 0 unspecified atom stereocenters. The van der Waals surface area contributed by atoms with Crippen LogP contribution < -0.4 is 4.18 Å². The lowest BCUT2D eigenvalue weighted by atomic mass is 10.0. The Morgan fingerprint density at radius 3 is 2.40 bits per heavy atom. The summed E-state index contributed by atoms with van der Waals surface area (Å²) in [7, 11) is -4.95. The first-order chi connectivity index (χ1) is 6.79. The zero-order chi connectivity index (χ0) is 11.6. The van der Waals surface area contributed by atoms with E-state index in [0.29, 0.717) is 5.56 Å². The van der Waals surface area contributed by atoms with E-state index in [1.807, 2.05) is 20.8 Å². The lowest BCUT2D eigenvalue weighted by Gasteiger charge is -2.11. The van der Waals surface area contributed by atoms with Crippen molar-refractivity contribution in [2.45, 2.75) is 26.7 Å². The van der Waals surface area contributed by atoms with E-state index in [1.165, 1.54) is 6.07 Å². The Hall–Kier alpha value is -1.10. The second kappa shape index (κ2) is 4.18. The smallest absolute Gasteiger partial charge is 0.358 e. The molecule has 0 saturated carbocycles. The lowest BCUT2D eigenvalue weighted by molar-refractivity contribution is 0.436. The second-order valence-corrected chi connectivity index (χ2v) is 4.63. The summed E-state index contributed by atoms with van der Waals surface area (Å²) in [6, 6.07) is 4.92. The molecule has 15 heavy (non-hydrogen) atoms. The predicted octanol–water partition coefficient (Wildman–Crippen LogP) is 2.71. The molecule has 5 heteroatoms. The summed E-state index contributed by atoms with van der Waals surface area (Å²) < 4.78 is 37.4. The minimum absolute atomic E-state index is 0.0538. The quantitative estimate of drug-likeness (QED) is 0.752. The van der Waals surface area contributed by atoms with Crippen molar-refractivity contribution in [2.75, 3.05) is 0 Å². The van der Waals surface area contributed by atoms with Crippen LogP contribution in [0.2, 0.25) is 0 Å². The molecular weight excluding hydrogens is 219 g/mol. The second-order valence-electron chi connectivity index (χ2n) is 3.67. The number of rotatable bonds is 3. The van der Waals surface area contributed by atoms with E-state index in [2.05, 4.69) is 4.18 Å². The van der Waals surface area contributed by atoms with Crippen LogP contribution in [0.3, 0.4) is 0 Å². The molecule has 0 fully saturated rings. The predicted molar refractivity (Wildman–Crippen MR) is 55.9 cm³/mol. The van der Waals surface area contributed by atoms with Crippen LogP contribution in [0, 0.1) is 6.92 Å². The molecule has 0 saturated heterocycles. The zero-order valence-corrected chi connectivity index (χ0v) is 9.64. The Kier molecular flexibility index (Phi) is 3.34. The van der Waals surface area contributed by atoms with Gasteiger partial charge >= 0.3 is 10.5 Å². The Bertz CT molecular complexity index is 452. The highest BCUT2D eigenvalue weighted by Gasteiger charge is 2.15. The maximum Gasteiger partial charge on any atom is 0.488 e. The Labute approximate surface area is 89.3 Å². The molecular formula is C10H13FO3S. The van der Waals surface area contributed by atoms with E-state index in [1.54, 1.807) is 12.1 Å². The van der Waals surface area contributed by atoms with Gasteiger partial charge in [0.25, 0.3) is 0 Å². The summed E-state index contributed by atoms with van der Waals surface area (Å²) in [5.74, 6) is 0.125. The Morgan fingerprint density at radius 1 is 1.33 bits per heavy atom. The molecule has 0 radical (unpaired) electrons. The first-order valence-electron chi connectivity index (χ1n) is 4.54. The SMILES string of the molecule is Cc1ccc(OS(=O)(=O)F)c(C(C)C)c1. The molecule has 0 spiro atoms. The minimum atomic E-state index is -4.95. The lowest BCUT2D eigenvalue weighted by Crippen LogP contribution is -2.04. The first kappa shape index (κ1) is 12.0. The number of hydrogen-bond donors (Lipinski definition) is 0. The maximum absolute atomic E-state index is 12.4. The third-order valence-corrected chi connectivity index (χ3v) is 2.36. The molecule has 1 aromatic rings. The van der Waals surface area contributed by atoms with Crippen molar-refractivity contribution >= 4 is 10.5 Å². The average Bonchev–Trinajstić information content (AvgIpc) is 2.05. The van der Waals surface area contributed by atoms with Gasteiger partial charge in [0, 0.05) is 0 Å². The Balaban J connectivity index is 3.18. The summed E-state index contributed by atoms with van der Waals surface area (Å²) in [5.41, 5.74) is 1.65. The van der Waals surface area contributed by atoms with Crippen LogP contribution in [0.5, 0.6) is 5.75 Å². The third kappa shape index (κ3) is 3.51. The summed E-state index contributed by atoms with van der Waals surface area (Å²) in [6.45, 7) is 5.64. The molecule has 0 atom stereocenters. The fourth-order valence-electron chi connectivity index (χ4n) is 1.30. The van der Waals surface area contributed by atoms with E-state index < -0.39 is 10.5 Å². The molecule has 0 aliphatic heterocycles. The molecule has 3 nitrogen and oxygen atoms in total. The zero-order valence-electron chi connectivity index (χ0n) is 8.82. The van der Waals surface area contributed by atoms with Crippen LogP contribution in [-0.4, -0.2) is 8.42 Å². The molecule has 0 aliphatic rings. The van der Waals surface area contributed by atoms with E-state index in [4.69, 9.17) is 0 Å². The van der Waals surface area contributed by atoms with Crippen molar-refractivity contribution in [3.63, 3.8) is 0 Å². The van der Waals surface area contributed by atoms with Gasteiger partial charge in [0.2, 0.25) is 0 Å². The van der Waals surface area contributed by atoms with Crippen molar-refractivity contribution in [2.24, 2.45) is 0 Å². The molecule has 0 heterocycles. The highest BCUT2D eigenvalue weighted by molar-refractivity contribution is 7.81. The number of aryl methyl sites for hydroxylation is 1.